The van der Waals surface area contributed by atoms with Gasteiger partial charge in [-0.25, -0.2) is 0 Å². The molecule has 1 aliphatic rings. The molecule has 1 fully saturated rings. The summed E-state index contributed by atoms with van der Waals surface area (Å²) in [4.78, 5) is 26.4. The van der Waals surface area contributed by atoms with Gasteiger partial charge in [-0.3, -0.25) is 9.59 Å². The molecule has 1 aliphatic carbocycles. The second-order valence-corrected chi connectivity index (χ2v) is 7.29. The summed E-state index contributed by atoms with van der Waals surface area (Å²) in [6.07, 6.45) is 5.35. The molecule has 0 spiro atoms. The van der Waals surface area contributed by atoms with Gasteiger partial charge >= 0.3 is 11.8 Å². The standard InChI is InChI=1S/C20H22N2O2S/c23-19(21-15-9-3-1-4-10-15)20(24)22-17-13-7-8-14-18(17)25-16-11-5-2-6-12-16/h2,5-8,11-15H,1,3-4,9-10H2,(H,21,23)(H,22,24). The number of benzene rings is 2. The summed E-state index contributed by atoms with van der Waals surface area (Å²) < 4.78 is 0. The Hall–Kier alpha value is -2.27. The van der Waals surface area contributed by atoms with E-state index in [2.05, 4.69) is 10.6 Å². The molecule has 0 aliphatic heterocycles. The van der Waals surface area contributed by atoms with Crippen molar-refractivity contribution in [2.75, 3.05) is 5.32 Å². The highest BCUT2D eigenvalue weighted by molar-refractivity contribution is 7.99. The number of hydrogen-bond acceptors (Lipinski definition) is 3. The molecule has 0 unspecified atom stereocenters. The summed E-state index contributed by atoms with van der Waals surface area (Å²) in [5.41, 5.74) is 0.653. The summed E-state index contributed by atoms with van der Waals surface area (Å²) in [6.45, 7) is 0. The molecule has 0 atom stereocenters. The van der Waals surface area contributed by atoms with E-state index in [9.17, 15) is 9.59 Å². The lowest BCUT2D eigenvalue weighted by molar-refractivity contribution is -0.136. The van der Waals surface area contributed by atoms with Crippen LogP contribution < -0.4 is 10.6 Å². The van der Waals surface area contributed by atoms with Crippen LogP contribution in [-0.2, 0) is 9.59 Å². The minimum absolute atomic E-state index is 0.126. The molecular formula is C20H22N2O2S. The molecular weight excluding hydrogens is 332 g/mol. The van der Waals surface area contributed by atoms with Crippen LogP contribution >= 0.6 is 11.8 Å². The predicted molar refractivity (Wildman–Crippen MR) is 101 cm³/mol. The molecule has 0 saturated heterocycles. The van der Waals surface area contributed by atoms with Gasteiger partial charge in [0.05, 0.1) is 5.69 Å². The zero-order valence-electron chi connectivity index (χ0n) is 14.0. The van der Waals surface area contributed by atoms with Crippen LogP contribution in [0.5, 0.6) is 0 Å². The third-order valence-corrected chi connectivity index (χ3v) is 5.34. The van der Waals surface area contributed by atoms with Crippen LogP contribution in [0.4, 0.5) is 5.69 Å². The lowest BCUT2D eigenvalue weighted by atomic mass is 9.95. The maximum Gasteiger partial charge on any atom is 0.313 e. The first-order chi connectivity index (χ1) is 12.2. The first kappa shape index (κ1) is 17.5. The third-order valence-electron chi connectivity index (χ3n) is 4.25. The van der Waals surface area contributed by atoms with Crippen LogP contribution in [0.1, 0.15) is 32.1 Å². The highest BCUT2D eigenvalue weighted by atomic mass is 32.2. The van der Waals surface area contributed by atoms with Crippen molar-refractivity contribution in [1.82, 2.24) is 5.32 Å². The number of amides is 2. The van der Waals surface area contributed by atoms with Crippen molar-refractivity contribution in [3.05, 3.63) is 54.6 Å². The van der Waals surface area contributed by atoms with Gasteiger partial charge in [0.1, 0.15) is 0 Å². The maximum absolute atomic E-state index is 12.3. The van der Waals surface area contributed by atoms with Gasteiger partial charge in [-0.05, 0) is 37.1 Å². The Bertz CT molecular complexity index is 727. The highest BCUT2D eigenvalue weighted by Crippen LogP contribution is 2.33. The summed E-state index contributed by atoms with van der Waals surface area (Å²) in [5.74, 6) is -1.15. The van der Waals surface area contributed by atoms with Gasteiger partial charge in [0.25, 0.3) is 0 Å². The van der Waals surface area contributed by atoms with Gasteiger partial charge in [-0.15, -0.1) is 0 Å². The van der Waals surface area contributed by atoms with E-state index >= 15 is 0 Å². The van der Waals surface area contributed by atoms with Crippen LogP contribution in [-0.4, -0.2) is 17.9 Å². The first-order valence-corrected chi connectivity index (χ1v) is 9.48. The minimum Gasteiger partial charge on any atom is -0.345 e. The highest BCUT2D eigenvalue weighted by Gasteiger charge is 2.21. The van der Waals surface area contributed by atoms with Gasteiger partial charge < -0.3 is 10.6 Å². The van der Waals surface area contributed by atoms with Crippen molar-refractivity contribution < 1.29 is 9.59 Å². The smallest absolute Gasteiger partial charge is 0.313 e. The molecule has 0 heterocycles. The number of hydrogen-bond donors (Lipinski definition) is 2. The summed E-state index contributed by atoms with van der Waals surface area (Å²) in [6, 6.07) is 17.6. The van der Waals surface area contributed by atoms with E-state index in [-0.39, 0.29) is 6.04 Å². The largest absolute Gasteiger partial charge is 0.345 e. The topological polar surface area (TPSA) is 58.2 Å². The Balaban J connectivity index is 1.63. The molecule has 3 rings (SSSR count). The van der Waals surface area contributed by atoms with Crippen molar-refractivity contribution in [3.8, 4) is 0 Å². The maximum atomic E-state index is 12.3. The molecule has 0 radical (unpaired) electrons. The van der Waals surface area contributed by atoms with Crippen molar-refractivity contribution in [1.29, 1.82) is 0 Å². The number of rotatable bonds is 4. The molecule has 2 amide bonds. The number of anilines is 1. The Labute approximate surface area is 152 Å². The Morgan fingerprint density at radius 2 is 1.52 bits per heavy atom. The summed E-state index contributed by atoms with van der Waals surface area (Å²) >= 11 is 1.56. The summed E-state index contributed by atoms with van der Waals surface area (Å²) in [7, 11) is 0. The lowest BCUT2D eigenvalue weighted by Gasteiger charge is -2.22. The van der Waals surface area contributed by atoms with E-state index in [0.29, 0.717) is 5.69 Å². The zero-order valence-corrected chi connectivity index (χ0v) is 14.9. The molecule has 5 heteroatoms. The first-order valence-electron chi connectivity index (χ1n) is 8.66. The van der Waals surface area contributed by atoms with Gasteiger partial charge in [0.2, 0.25) is 0 Å². The second kappa shape index (κ2) is 8.72. The van der Waals surface area contributed by atoms with Crippen LogP contribution in [0.25, 0.3) is 0 Å². The zero-order chi connectivity index (χ0) is 17.5. The minimum atomic E-state index is -0.605. The number of nitrogens with one attached hydrogen (secondary N) is 2. The van der Waals surface area contributed by atoms with Crippen LogP contribution in [0.15, 0.2) is 64.4 Å². The Kier molecular flexibility index (Phi) is 6.12. The lowest BCUT2D eigenvalue weighted by Crippen LogP contribution is -2.42. The van der Waals surface area contributed by atoms with E-state index in [1.165, 1.54) is 6.42 Å². The van der Waals surface area contributed by atoms with Crippen molar-refractivity contribution in [2.45, 2.75) is 47.9 Å². The number of carbonyl (C=O) groups is 2. The van der Waals surface area contributed by atoms with Gasteiger partial charge in [0.15, 0.2) is 0 Å². The molecule has 2 N–H and O–H groups in total. The fourth-order valence-electron chi connectivity index (χ4n) is 2.95. The molecule has 4 nitrogen and oxygen atoms in total. The monoisotopic (exact) mass is 354 g/mol. The van der Waals surface area contributed by atoms with E-state index < -0.39 is 11.8 Å². The fraction of sp³-hybridized carbons (Fsp3) is 0.300. The van der Waals surface area contributed by atoms with Crippen molar-refractivity contribution in [3.63, 3.8) is 0 Å². The van der Waals surface area contributed by atoms with E-state index in [0.717, 1.165) is 35.5 Å². The van der Waals surface area contributed by atoms with Gasteiger partial charge in [0, 0.05) is 15.8 Å². The van der Waals surface area contributed by atoms with Crippen molar-refractivity contribution in [2.24, 2.45) is 0 Å². The predicted octanol–water partition coefficient (Wildman–Crippen LogP) is 4.23. The van der Waals surface area contributed by atoms with E-state index in [1.807, 2.05) is 54.6 Å². The fourth-order valence-corrected chi connectivity index (χ4v) is 3.87. The van der Waals surface area contributed by atoms with Crippen LogP contribution in [0.3, 0.4) is 0 Å². The molecule has 130 valence electrons. The number of carbonyl (C=O) groups excluding carboxylic acids is 2. The quantitative estimate of drug-likeness (QED) is 0.808. The van der Waals surface area contributed by atoms with E-state index in [4.69, 9.17) is 0 Å². The third kappa shape index (κ3) is 5.10. The van der Waals surface area contributed by atoms with Crippen LogP contribution in [0, 0.1) is 0 Å². The Morgan fingerprint density at radius 3 is 2.28 bits per heavy atom. The Morgan fingerprint density at radius 1 is 0.840 bits per heavy atom. The van der Waals surface area contributed by atoms with Gasteiger partial charge in [-0.2, -0.15) is 0 Å². The molecule has 1 saturated carbocycles. The molecule has 2 aromatic rings. The molecule has 0 bridgehead atoms. The van der Waals surface area contributed by atoms with Crippen molar-refractivity contribution >= 4 is 29.3 Å². The molecule has 25 heavy (non-hydrogen) atoms. The normalized spacial score (nSPS) is 14.7. The average Bonchev–Trinajstić information content (AvgIpc) is 2.65. The second-order valence-electron chi connectivity index (χ2n) is 6.17. The average molecular weight is 354 g/mol. The molecule has 0 aromatic heterocycles. The summed E-state index contributed by atoms with van der Waals surface area (Å²) in [5, 5.41) is 5.60. The molecule has 2 aromatic carbocycles. The van der Waals surface area contributed by atoms with Gasteiger partial charge in [-0.1, -0.05) is 61.4 Å². The van der Waals surface area contributed by atoms with Crippen LogP contribution in [0.2, 0.25) is 0 Å². The SMILES string of the molecule is O=C(Nc1ccccc1Sc1ccccc1)C(=O)NC1CCCCC1. The number of para-hydroxylation sites is 1. The van der Waals surface area contributed by atoms with E-state index in [1.54, 1.807) is 11.8 Å².